The van der Waals surface area contributed by atoms with Crippen molar-refractivity contribution in [3.63, 3.8) is 0 Å². The molecule has 3 heteroatoms. The summed E-state index contributed by atoms with van der Waals surface area (Å²) in [7, 11) is 1.57. The molecule has 1 aromatic rings. The number of ether oxygens (including phenoxy) is 1. The summed E-state index contributed by atoms with van der Waals surface area (Å²) in [6.07, 6.45) is 0.134. The molecule has 0 fully saturated rings. The topological polar surface area (TPSA) is 49.7 Å². The van der Waals surface area contributed by atoms with Crippen LogP contribution in [-0.2, 0) is 13.0 Å². The Bertz CT molecular complexity index is 295. The minimum atomic E-state index is -0.405. The molecular weight excluding hydrogens is 180 g/mol. The standard InChI is InChI=1S/C11H16O3/c1-8(13)6-9-4-3-5-10(7-12)11(9)14-2/h3-5,8,12-13H,6-7H2,1-2H3. The van der Waals surface area contributed by atoms with E-state index >= 15 is 0 Å². The van der Waals surface area contributed by atoms with Gasteiger partial charge in [-0.2, -0.15) is 0 Å². The molecule has 1 rings (SSSR count). The molecule has 3 nitrogen and oxygen atoms in total. The number of rotatable bonds is 4. The molecule has 0 saturated heterocycles. The Kier molecular flexibility index (Phi) is 3.92. The molecule has 2 N–H and O–H groups in total. The van der Waals surface area contributed by atoms with Gasteiger partial charge in [-0.1, -0.05) is 18.2 Å². The summed E-state index contributed by atoms with van der Waals surface area (Å²) in [5.41, 5.74) is 1.68. The van der Waals surface area contributed by atoms with Crippen molar-refractivity contribution < 1.29 is 14.9 Å². The minimum absolute atomic E-state index is 0.0448. The Morgan fingerprint density at radius 2 is 2.00 bits per heavy atom. The summed E-state index contributed by atoms with van der Waals surface area (Å²) in [6, 6.07) is 5.56. The lowest BCUT2D eigenvalue weighted by Gasteiger charge is -2.13. The quantitative estimate of drug-likeness (QED) is 0.758. The van der Waals surface area contributed by atoms with Crippen molar-refractivity contribution >= 4 is 0 Å². The second-order valence-electron chi connectivity index (χ2n) is 3.32. The first-order valence-electron chi connectivity index (χ1n) is 4.62. The Morgan fingerprint density at radius 1 is 1.36 bits per heavy atom. The first-order valence-corrected chi connectivity index (χ1v) is 4.62. The van der Waals surface area contributed by atoms with Crippen LogP contribution >= 0.6 is 0 Å². The Morgan fingerprint density at radius 3 is 2.50 bits per heavy atom. The Labute approximate surface area is 84.0 Å². The highest BCUT2D eigenvalue weighted by molar-refractivity contribution is 5.41. The third kappa shape index (κ3) is 2.47. The van der Waals surface area contributed by atoms with Crippen LogP contribution in [0.25, 0.3) is 0 Å². The average Bonchev–Trinajstić information content (AvgIpc) is 2.16. The van der Waals surface area contributed by atoms with Crippen LogP contribution in [0, 0.1) is 0 Å². The normalized spacial score (nSPS) is 12.6. The number of hydrogen-bond acceptors (Lipinski definition) is 3. The van der Waals surface area contributed by atoms with Crippen molar-refractivity contribution in [2.24, 2.45) is 0 Å². The molecule has 1 unspecified atom stereocenters. The lowest BCUT2D eigenvalue weighted by atomic mass is 10.0. The molecule has 0 aliphatic carbocycles. The first-order chi connectivity index (χ1) is 6.69. The van der Waals surface area contributed by atoms with E-state index in [1.54, 1.807) is 14.0 Å². The predicted octanol–water partition coefficient (Wildman–Crippen LogP) is 1.11. The maximum absolute atomic E-state index is 9.27. The summed E-state index contributed by atoms with van der Waals surface area (Å²) in [6.45, 7) is 1.68. The van der Waals surface area contributed by atoms with Gasteiger partial charge in [-0.25, -0.2) is 0 Å². The lowest BCUT2D eigenvalue weighted by Crippen LogP contribution is -2.07. The van der Waals surface area contributed by atoms with E-state index in [1.165, 1.54) is 0 Å². The second-order valence-corrected chi connectivity index (χ2v) is 3.32. The van der Waals surface area contributed by atoms with Gasteiger partial charge in [0.05, 0.1) is 19.8 Å². The molecule has 0 spiro atoms. The van der Waals surface area contributed by atoms with Crippen LogP contribution < -0.4 is 4.74 Å². The monoisotopic (exact) mass is 196 g/mol. The number of para-hydroxylation sites is 1. The fraction of sp³-hybridized carbons (Fsp3) is 0.455. The Balaban J connectivity index is 3.02. The van der Waals surface area contributed by atoms with Crippen LogP contribution in [0.15, 0.2) is 18.2 Å². The molecule has 78 valence electrons. The average molecular weight is 196 g/mol. The lowest BCUT2D eigenvalue weighted by molar-refractivity contribution is 0.193. The van der Waals surface area contributed by atoms with Crippen molar-refractivity contribution in [2.45, 2.75) is 26.1 Å². The van der Waals surface area contributed by atoms with Crippen molar-refractivity contribution in [2.75, 3.05) is 7.11 Å². The van der Waals surface area contributed by atoms with Crippen LogP contribution in [-0.4, -0.2) is 23.4 Å². The van der Waals surface area contributed by atoms with Gasteiger partial charge in [-0.15, -0.1) is 0 Å². The van der Waals surface area contributed by atoms with E-state index < -0.39 is 6.10 Å². The van der Waals surface area contributed by atoms with E-state index in [0.29, 0.717) is 12.2 Å². The first kappa shape index (κ1) is 11.0. The third-order valence-corrected chi connectivity index (χ3v) is 2.07. The van der Waals surface area contributed by atoms with Gasteiger partial charge in [-0.05, 0) is 12.5 Å². The maximum Gasteiger partial charge on any atom is 0.127 e. The van der Waals surface area contributed by atoms with Crippen LogP contribution in [0.3, 0.4) is 0 Å². The Hall–Kier alpha value is -1.06. The van der Waals surface area contributed by atoms with E-state index in [2.05, 4.69) is 0 Å². The smallest absolute Gasteiger partial charge is 0.127 e. The van der Waals surface area contributed by atoms with Gasteiger partial charge in [0.25, 0.3) is 0 Å². The van der Waals surface area contributed by atoms with E-state index in [-0.39, 0.29) is 6.61 Å². The van der Waals surface area contributed by atoms with Gasteiger partial charge < -0.3 is 14.9 Å². The second kappa shape index (κ2) is 4.98. The highest BCUT2D eigenvalue weighted by Crippen LogP contribution is 2.24. The number of aliphatic hydroxyl groups is 2. The SMILES string of the molecule is COc1c(CO)cccc1CC(C)O. The van der Waals surface area contributed by atoms with Crippen LogP contribution in [0.2, 0.25) is 0 Å². The van der Waals surface area contributed by atoms with Gasteiger partial charge in [0.1, 0.15) is 5.75 Å². The van der Waals surface area contributed by atoms with Gasteiger partial charge in [0.2, 0.25) is 0 Å². The predicted molar refractivity (Wildman–Crippen MR) is 54.3 cm³/mol. The molecule has 1 aromatic carbocycles. The van der Waals surface area contributed by atoms with Gasteiger partial charge in [0.15, 0.2) is 0 Å². The number of aliphatic hydroxyl groups excluding tert-OH is 2. The molecular formula is C11H16O3. The van der Waals surface area contributed by atoms with Crippen molar-refractivity contribution in [1.82, 2.24) is 0 Å². The van der Waals surface area contributed by atoms with E-state index in [1.807, 2.05) is 18.2 Å². The summed E-state index contributed by atoms with van der Waals surface area (Å²) >= 11 is 0. The van der Waals surface area contributed by atoms with Crippen molar-refractivity contribution in [3.8, 4) is 5.75 Å². The molecule has 0 bridgehead atoms. The fourth-order valence-corrected chi connectivity index (χ4v) is 1.50. The largest absolute Gasteiger partial charge is 0.496 e. The van der Waals surface area contributed by atoms with E-state index in [9.17, 15) is 5.11 Å². The van der Waals surface area contributed by atoms with Crippen molar-refractivity contribution in [1.29, 1.82) is 0 Å². The zero-order chi connectivity index (χ0) is 10.6. The molecule has 0 radical (unpaired) electrons. The summed E-state index contributed by atoms with van der Waals surface area (Å²) < 4.78 is 5.20. The molecule has 1 atom stereocenters. The summed E-state index contributed by atoms with van der Waals surface area (Å²) in [4.78, 5) is 0. The third-order valence-electron chi connectivity index (χ3n) is 2.07. The molecule has 0 saturated carbocycles. The van der Waals surface area contributed by atoms with Gasteiger partial charge >= 0.3 is 0 Å². The van der Waals surface area contributed by atoms with Crippen LogP contribution in [0.5, 0.6) is 5.75 Å². The fourth-order valence-electron chi connectivity index (χ4n) is 1.50. The molecule has 0 amide bonds. The molecule has 0 aliphatic rings. The zero-order valence-corrected chi connectivity index (χ0v) is 8.53. The molecule has 14 heavy (non-hydrogen) atoms. The molecule has 0 heterocycles. The van der Waals surface area contributed by atoms with Gasteiger partial charge in [0, 0.05) is 12.0 Å². The van der Waals surface area contributed by atoms with Gasteiger partial charge in [-0.3, -0.25) is 0 Å². The molecule has 0 aromatic heterocycles. The van der Waals surface area contributed by atoms with E-state index in [4.69, 9.17) is 9.84 Å². The maximum atomic E-state index is 9.27. The summed E-state index contributed by atoms with van der Waals surface area (Å²) in [5, 5.41) is 18.3. The van der Waals surface area contributed by atoms with Crippen LogP contribution in [0.4, 0.5) is 0 Å². The van der Waals surface area contributed by atoms with Crippen molar-refractivity contribution in [3.05, 3.63) is 29.3 Å². The zero-order valence-electron chi connectivity index (χ0n) is 8.53. The number of hydrogen-bond donors (Lipinski definition) is 2. The van der Waals surface area contributed by atoms with Crippen LogP contribution in [0.1, 0.15) is 18.1 Å². The number of benzene rings is 1. The number of methoxy groups -OCH3 is 1. The highest BCUT2D eigenvalue weighted by atomic mass is 16.5. The molecule has 0 aliphatic heterocycles. The summed E-state index contributed by atoms with van der Waals surface area (Å²) in [5.74, 6) is 0.677. The van der Waals surface area contributed by atoms with E-state index in [0.717, 1.165) is 11.1 Å². The highest BCUT2D eigenvalue weighted by Gasteiger charge is 2.09. The minimum Gasteiger partial charge on any atom is -0.496 e.